The van der Waals surface area contributed by atoms with Gasteiger partial charge in [-0.2, -0.15) is 5.10 Å². The molecule has 7 heteroatoms. The Balaban J connectivity index is 1.59. The molecule has 2 heterocycles. The van der Waals surface area contributed by atoms with Crippen LogP contribution in [0, 0.1) is 12.8 Å². The molecule has 0 saturated carbocycles. The summed E-state index contributed by atoms with van der Waals surface area (Å²) >= 11 is 3.43. The van der Waals surface area contributed by atoms with Crippen LogP contribution in [0.15, 0.2) is 34.9 Å². The number of carbonyl (C=O) groups excluding carboxylic acids is 1. The molecular weight excluding hydrogens is 408 g/mol. The molecule has 1 saturated heterocycles. The first kappa shape index (κ1) is 20.0. The van der Waals surface area contributed by atoms with Crippen LogP contribution in [0.5, 0.6) is 0 Å². The van der Waals surface area contributed by atoms with Crippen molar-refractivity contribution >= 4 is 21.8 Å². The van der Waals surface area contributed by atoms with Crippen LogP contribution in [0.2, 0.25) is 0 Å². The number of nitrogens with zero attached hydrogens (tertiary/aromatic N) is 3. The van der Waals surface area contributed by atoms with Crippen molar-refractivity contribution in [2.75, 3.05) is 32.8 Å². The zero-order chi connectivity index (χ0) is 19.4. The lowest BCUT2D eigenvalue weighted by molar-refractivity contribution is -0.0295. The Bertz CT molecular complexity index is 773. The van der Waals surface area contributed by atoms with Crippen LogP contribution in [-0.4, -0.2) is 59.5 Å². The minimum absolute atomic E-state index is 0.0308. The Morgan fingerprint density at radius 3 is 2.81 bits per heavy atom. The van der Waals surface area contributed by atoms with E-state index in [0.29, 0.717) is 24.6 Å². The number of carbonyl (C=O) groups is 1. The van der Waals surface area contributed by atoms with Crippen molar-refractivity contribution in [3.05, 3.63) is 46.2 Å². The Kier molecular flexibility index (Phi) is 6.68. The van der Waals surface area contributed by atoms with E-state index < -0.39 is 0 Å². The Morgan fingerprint density at radius 2 is 2.11 bits per heavy atom. The van der Waals surface area contributed by atoms with Gasteiger partial charge in [0.15, 0.2) is 0 Å². The topological polar surface area (TPSA) is 59.4 Å². The van der Waals surface area contributed by atoms with Gasteiger partial charge in [0, 0.05) is 30.7 Å². The molecule has 146 valence electrons. The van der Waals surface area contributed by atoms with Crippen LogP contribution in [0.1, 0.15) is 29.9 Å². The molecule has 27 heavy (non-hydrogen) atoms. The zero-order valence-corrected chi connectivity index (χ0v) is 17.7. The number of morpholine rings is 1. The lowest BCUT2D eigenvalue weighted by Gasteiger charge is -2.33. The summed E-state index contributed by atoms with van der Waals surface area (Å²) in [6.07, 6.45) is 1.66. The third-order valence-corrected chi connectivity index (χ3v) is 5.19. The van der Waals surface area contributed by atoms with E-state index in [9.17, 15) is 4.79 Å². The number of ether oxygens (including phenoxy) is 1. The van der Waals surface area contributed by atoms with E-state index >= 15 is 0 Å². The highest BCUT2D eigenvalue weighted by molar-refractivity contribution is 9.10. The molecule has 6 nitrogen and oxygen atoms in total. The van der Waals surface area contributed by atoms with Crippen molar-refractivity contribution in [1.82, 2.24) is 20.0 Å². The van der Waals surface area contributed by atoms with Crippen LogP contribution in [0.3, 0.4) is 0 Å². The number of hydrogen-bond acceptors (Lipinski definition) is 4. The second-order valence-electron chi connectivity index (χ2n) is 7.39. The van der Waals surface area contributed by atoms with E-state index in [1.807, 2.05) is 31.2 Å². The number of rotatable bonds is 6. The van der Waals surface area contributed by atoms with E-state index in [4.69, 9.17) is 4.74 Å². The third-order valence-electron chi connectivity index (χ3n) is 4.66. The van der Waals surface area contributed by atoms with Gasteiger partial charge >= 0.3 is 0 Å². The highest BCUT2D eigenvalue weighted by atomic mass is 79.9. The number of amides is 1. The monoisotopic (exact) mass is 434 g/mol. The Morgan fingerprint density at radius 1 is 1.37 bits per heavy atom. The molecule has 1 amide bonds. The lowest BCUT2D eigenvalue weighted by Crippen LogP contribution is -2.48. The summed E-state index contributed by atoms with van der Waals surface area (Å²) in [5.74, 6) is 0.519. The standard InChI is InChI=1S/C20H27BrN4O2/c1-14(2)12-24-8-9-27-18(13-24)10-22-20(26)19-11-23-25(15(19)3)17-6-4-16(21)5-7-17/h4-7,11,14,18H,8-10,12-13H2,1-3H3,(H,22,26)/t18-/m0/s1. The number of aromatic nitrogens is 2. The normalized spacial score (nSPS) is 18.0. The zero-order valence-electron chi connectivity index (χ0n) is 16.1. The van der Waals surface area contributed by atoms with Gasteiger partial charge in [0.25, 0.3) is 5.91 Å². The summed E-state index contributed by atoms with van der Waals surface area (Å²) in [5, 5.41) is 7.38. The molecule has 0 spiro atoms. The molecule has 1 aromatic heterocycles. The quantitative estimate of drug-likeness (QED) is 0.758. The summed E-state index contributed by atoms with van der Waals surface area (Å²) in [6, 6.07) is 7.84. The molecular formula is C20H27BrN4O2. The maximum absolute atomic E-state index is 12.6. The van der Waals surface area contributed by atoms with Crippen LogP contribution < -0.4 is 5.32 Å². The van der Waals surface area contributed by atoms with Crippen molar-refractivity contribution in [3.63, 3.8) is 0 Å². The summed E-state index contributed by atoms with van der Waals surface area (Å²) < 4.78 is 8.60. The average molecular weight is 435 g/mol. The van der Waals surface area contributed by atoms with Gasteiger partial charge in [-0.25, -0.2) is 4.68 Å². The van der Waals surface area contributed by atoms with Gasteiger partial charge in [-0.15, -0.1) is 0 Å². The van der Waals surface area contributed by atoms with Crippen molar-refractivity contribution < 1.29 is 9.53 Å². The Labute approximate surface area is 169 Å². The van der Waals surface area contributed by atoms with Gasteiger partial charge in [0.05, 0.1) is 35.9 Å². The molecule has 0 radical (unpaired) electrons. The summed E-state index contributed by atoms with van der Waals surface area (Å²) in [5.41, 5.74) is 2.34. The molecule has 1 aromatic carbocycles. The number of nitrogens with one attached hydrogen (secondary N) is 1. The second kappa shape index (κ2) is 8.99. The predicted molar refractivity (Wildman–Crippen MR) is 109 cm³/mol. The fourth-order valence-corrected chi connectivity index (χ4v) is 3.63. The van der Waals surface area contributed by atoms with Gasteiger partial charge in [-0.05, 0) is 37.1 Å². The second-order valence-corrected chi connectivity index (χ2v) is 8.30. The molecule has 3 rings (SSSR count). The SMILES string of the molecule is Cc1c(C(=O)NC[C@H]2CN(CC(C)C)CCO2)cnn1-c1ccc(Br)cc1. The molecule has 0 unspecified atom stereocenters. The van der Waals surface area contributed by atoms with Gasteiger partial charge in [0.2, 0.25) is 0 Å². The third kappa shape index (κ3) is 5.18. The lowest BCUT2D eigenvalue weighted by atomic mass is 10.1. The number of hydrogen-bond donors (Lipinski definition) is 1. The van der Waals surface area contributed by atoms with Crippen molar-refractivity contribution in [2.45, 2.75) is 26.9 Å². The van der Waals surface area contributed by atoms with Crippen molar-refractivity contribution in [2.24, 2.45) is 5.92 Å². The van der Waals surface area contributed by atoms with Gasteiger partial charge in [0.1, 0.15) is 0 Å². The van der Waals surface area contributed by atoms with E-state index in [1.54, 1.807) is 10.9 Å². The highest BCUT2D eigenvalue weighted by Crippen LogP contribution is 2.17. The minimum Gasteiger partial charge on any atom is -0.374 e. The van der Waals surface area contributed by atoms with Crippen LogP contribution in [0.25, 0.3) is 5.69 Å². The maximum atomic E-state index is 12.6. The summed E-state index contributed by atoms with van der Waals surface area (Å²) in [6.45, 7) is 10.5. The first-order valence-electron chi connectivity index (χ1n) is 9.36. The molecule has 1 aliphatic heterocycles. The van der Waals surface area contributed by atoms with E-state index in [1.165, 1.54) is 0 Å². The molecule has 1 aliphatic rings. The van der Waals surface area contributed by atoms with Gasteiger partial charge in [-0.3, -0.25) is 9.69 Å². The van der Waals surface area contributed by atoms with E-state index in [-0.39, 0.29) is 12.0 Å². The minimum atomic E-state index is -0.111. The Hall–Kier alpha value is -1.70. The molecule has 0 aliphatic carbocycles. The smallest absolute Gasteiger partial charge is 0.254 e. The summed E-state index contributed by atoms with van der Waals surface area (Å²) in [4.78, 5) is 15.0. The van der Waals surface area contributed by atoms with Crippen LogP contribution >= 0.6 is 15.9 Å². The first-order valence-corrected chi connectivity index (χ1v) is 10.2. The molecule has 1 N–H and O–H groups in total. The van der Waals surface area contributed by atoms with Crippen LogP contribution in [0.4, 0.5) is 0 Å². The van der Waals surface area contributed by atoms with Crippen molar-refractivity contribution in [1.29, 1.82) is 0 Å². The summed E-state index contributed by atoms with van der Waals surface area (Å²) in [7, 11) is 0. The molecule has 0 bridgehead atoms. The average Bonchev–Trinajstić information content (AvgIpc) is 3.02. The molecule has 2 aromatic rings. The number of halogens is 1. The molecule has 1 fully saturated rings. The van der Waals surface area contributed by atoms with Gasteiger partial charge in [-0.1, -0.05) is 29.8 Å². The largest absolute Gasteiger partial charge is 0.374 e. The number of benzene rings is 1. The molecule has 1 atom stereocenters. The van der Waals surface area contributed by atoms with E-state index in [0.717, 1.165) is 35.5 Å². The van der Waals surface area contributed by atoms with E-state index in [2.05, 4.69) is 45.1 Å². The fourth-order valence-electron chi connectivity index (χ4n) is 3.36. The maximum Gasteiger partial charge on any atom is 0.254 e. The fraction of sp³-hybridized carbons (Fsp3) is 0.500. The highest BCUT2D eigenvalue weighted by Gasteiger charge is 2.22. The van der Waals surface area contributed by atoms with Crippen molar-refractivity contribution in [3.8, 4) is 5.69 Å². The predicted octanol–water partition coefficient (Wildman–Crippen LogP) is 3.03. The first-order chi connectivity index (χ1) is 12.9. The van der Waals surface area contributed by atoms with Gasteiger partial charge < -0.3 is 10.1 Å². The van der Waals surface area contributed by atoms with Crippen LogP contribution in [-0.2, 0) is 4.74 Å².